The minimum Gasteiger partial charge on any atom is -0.457 e. The van der Waals surface area contributed by atoms with Crippen molar-refractivity contribution >= 4 is 43.2 Å². The first-order valence-corrected chi connectivity index (χ1v) is 14.4. The number of hydrogen-bond acceptors (Lipinski definition) is 4. The molecule has 0 N–H and O–H groups in total. The molecule has 5 aromatic carbocycles. The fourth-order valence-corrected chi connectivity index (χ4v) is 8.16. The van der Waals surface area contributed by atoms with Gasteiger partial charge in [-0.3, -0.25) is 0 Å². The lowest BCUT2D eigenvalue weighted by atomic mass is 9.66. The SMILES string of the molecule is Clc1nc(-c2cccc3c2-c2ccccc2C32c3ccccc3Oc3ccccc32)c2sc3ccccc3c2n1. The van der Waals surface area contributed by atoms with Gasteiger partial charge in [0.1, 0.15) is 11.5 Å². The molecule has 2 aromatic heterocycles. The minimum absolute atomic E-state index is 0.256. The zero-order chi connectivity index (χ0) is 26.4. The lowest BCUT2D eigenvalue weighted by Crippen LogP contribution is -2.32. The summed E-state index contributed by atoms with van der Waals surface area (Å²) < 4.78 is 8.70. The Morgan fingerprint density at radius 1 is 0.600 bits per heavy atom. The maximum absolute atomic E-state index is 6.62. The van der Waals surface area contributed by atoms with E-state index in [0.717, 1.165) is 49.5 Å². The van der Waals surface area contributed by atoms with Crippen LogP contribution < -0.4 is 4.74 Å². The minimum atomic E-state index is -0.524. The second-order valence-electron chi connectivity index (χ2n) is 10.2. The van der Waals surface area contributed by atoms with Crippen LogP contribution in [0.1, 0.15) is 22.3 Å². The topological polar surface area (TPSA) is 35.0 Å². The van der Waals surface area contributed by atoms with Crippen molar-refractivity contribution in [3.63, 3.8) is 0 Å². The van der Waals surface area contributed by atoms with E-state index in [1.54, 1.807) is 11.3 Å². The van der Waals surface area contributed by atoms with Crippen LogP contribution >= 0.6 is 22.9 Å². The highest BCUT2D eigenvalue weighted by molar-refractivity contribution is 7.26. The number of halogens is 1. The number of thiophene rings is 1. The van der Waals surface area contributed by atoms with Crippen LogP contribution in [-0.4, -0.2) is 9.97 Å². The van der Waals surface area contributed by atoms with Crippen LogP contribution in [0.3, 0.4) is 0 Å². The molecule has 3 heterocycles. The molecule has 0 saturated carbocycles. The van der Waals surface area contributed by atoms with Gasteiger partial charge < -0.3 is 4.74 Å². The van der Waals surface area contributed by atoms with E-state index >= 15 is 0 Å². The molecule has 5 heteroatoms. The number of rotatable bonds is 1. The van der Waals surface area contributed by atoms with E-state index in [1.807, 2.05) is 18.2 Å². The Morgan fingerprint density at radius 3 is 2.02 bits per heavy atom. The smallest absolute Gasteiger partial charge is 0.223 e. The van der Waals surface area contributed by atoms with Crippen LogP contribution in [0.25, 0.3) is 42.7 Å². The zero-order valence-corrected chi connectivity index (χ0v) is 22.6. The molecule has 0 saturated heterocycles. The number of ether oxygens (including phenoxy) is 1. The summed E-state index contributed by atoms with van der Waals surface area (Å²) in [6, 6.07) is 40.5. The summed E-state index contributed by atoms with van der Waals surface area (Å²) >= 11 is 8.34. The van der Waals surface area contributed by atoms with Crippen LogP contribution in [0.2, 0.25) is 5.28 Å². The van der Waals surface area contributed by atoms with E-state index in [4.69, 9.17) is 21.3 Å². The lowest BCUT2D eigenvalue weighted by molar-refractivity contribution is 0.436. The number of benzene rings is 5. The first-order valence-electron chi connectivity index (χ1n) is 13.2. The van der Waals surface area contributed by atoms with E-state index in [-0.39, 0.29) is 5.28 Å². The maximum atomic E-state index is 6.62. The summed E-state index contributed by atoms with van der Waals surface area (Å²) in [4.78, 5) is 9.56. The van der Waals surface area contributed by atoms with Gasteiger partial charge in [0.15, 0.2) is 0 Å². The number of fused-ring (bicyclic) bond motifs is 12. The Kier molecular flexibility index (Phi) is 4.47. The largest absolute Gasteiger partial charge is 0.457 e. The quantitative estimate of drug-likeness (QED) is 0.191. The molecule has 0 atom stereocenters. The molecule has 0 fully saturated rings. The third kappa shape index (κ3) is 2.74. The highest BCUT2D eigenvalue weighted by Crippen LogP contribution is 2.63. The molecular weight excluding hydrogens is 532 g/mol. The molecule has 0 amide bonds. The van der Waals surface area contributed by atoms with Crippen molar-refractivity contribution in [3.8, 4) is 33.9 Å². The van der Waals surface area contributed by atoms with Gasteiger partial charge in [-0.25, -0.2) is 9.97 Å². The summed E-state index contributed by atoms with van der Waals surface area (Å²) in [6.45, 7) is 0. The first-order chi connectivity index (χ1) is 19.7. The Labute approximate surface area is 239 Å². The summed E-state index contributed by atoms with van der Waals surface area (Å²) in [5, 5.41) is 1.36. The average molecular weight is 551 g/mol. The molecular formula is C35H19ClN2OS. The molecule has 3 nitrogen and oxygen atoms in total. The number of nitrogens with zero attached hydrogens (tertiary/aromatic N) is 2. The molecule has 1 spiro atoms. The van der Waals surface area contributed by atoms with E-state index in [0.29, 0.717) is 0 Å². The van der Waals surface area contributed by atoms with Gasteiger partial charge in [-0.2, -0.15) is 0 Å². The van der Waals surface area contributed by atoms with E-state index in [1.165, 1.54) is 27.0 Å². The van der Waals surface area contributed by atoms with Gasteiger partial charge in [-0.05, 0) is 52.1 Å². The molecule has 40 heavy (non-hydrogen) atoms. The third-order valence-electron chi connectivity index (χ3n) is 8.32. The predicted octanol–water partition coefficient (Wildman–Crippen LogP) is 9.63. The van der Waals surface area contributed by atoms with E-state index in [9.17, 15) is 0 Å². The van der Waals surface area contributed by atoms with Crippen LogP contribution in [-0.2, 0) is 5.41 Å². The summed E-state index contributed by atoms with van der Waals surface area (Å²) in [7, 11) is 0. The summed E-state index contributed by atoms with van der Waals surface area (Å²) in [5.74, 6) is 1.76. The van der Waals surface area contributed by atoms with Gasteiger partial charge in [-0.15, -0.1) is 11.3 Å². The molecule has 0 unspecified atom stereocenters. The standard InChI is InChI=1S/C35H19ClN2OS/c36-34-37-31-21-11-2-8-19-29(21)40-33(31)32(38-34)22-12-9-16-26-30(22)20-10-1-3-13-23(20)35(26)24-14-4-6-17-27(24)39-28-18-7-5-15-25(28)35/h1-19H. The van der Waals surface area contributed by atoms with E-state index in [2.05, 4.69) is 102 Å². The zero-order valence-electron chi connectivity index (χ0n) is 21.1. The molecule has 188 valence electrons. The average Bonchev–Trinajstić information content (AvgIpc) is 3.51. The van der Waals surface area contributed by atoms with Gasteiger partial charge in [0, 0.05) is 26.8 Å². The van der Waals surface area contributed by atoms with Gasteiger partial charge in [0.05, 0.1) is 21.3 Å². The molecule has 2 aliphatic rings. The molecule has 0 bridgehead atoms. The number of hydrogen-bond donors (Lipinski definition) is 0. The molecule has 0 radical (unpaired) electrons. The van der Waals surface area contributed by atoms with Gasteiger partial charge >= 0.3 is 0 Å². The van der Waals surface area contributed by atoms with Crippen molar-refractivity contribution in [2.24, 2.45) is 0 Å². The number of aromatic nitrogens is 2. The highest BCUT2D eigenvalue weighted by Gasteiger charge is 2.51. The summed E-state index contributed by atoms with van der Waals surface area (Å²) in [6.07, 6.45) is 0. The maximum Gasteiger partial charge on any atom is 0.223 e. The van der Waals surface area contributed by atoms with Crippen molar-refractivity contribution < 1.29 is 4.74 Å². The predicted molar refractivity (Wildman–Crippen MR) is 163 cm³/mol. The first kappa shape index (κ1) is 22.3. The Balaban J connectivity index is 1.45. The van der Waals surface area contributed by atoms with Crippen molar-refractivity contribution in [2.45, 2.75) is 5.41 Å². The fraction of sp³-hybridized carbons (Fsp3) is 0.0286. The fourth-order valence-electron chi connectivity index (χ4n) is 6.85. The van der Waals surface area contributed by atoms with Gasteiger partial charge in [-0.1, -0.05) is 97.1 Å². The van der Waals surface area contributed by atoms with Crippen molar-refractivity contribution in [2.75, 3.05) is 0 Å². The monoisotopic (exact) mass is 550 g/mol. The second-order valence-corrected chi connectivity index (χ2v) is 11.6. The molecule has 1 aliphatic heterocycles. The van der Waals surface area contributed by atoms with Crippen molar-refractivity contribution in [1.82, 2.24) is 9.97 Å². The van der Waals surface area contributed by atoms with E-state index < -0.39 is 5.41 Å². The van der Waals surface area contributed by atoms with Crippen LogP contribution in [0.15, 0.2) is 115 Å². The third-order valence-corrected chi connectivity index (χ3v) is 9.65. The van der Waals surface area contributed by atoms with Crippen LogP contribution in [0.5, 0.6) is 11.5 Å². The second kappa shape index (κ2) is 8.01. The van der Waals surface area contributed by atoms with Gasteiger partial charge in [0.2, 0.25) is 5.28 Å². The molecule has 9 rings (SSSR count). The summed E-state index contributed by atoms with van der Waals surface area (Å²) in [5.41, 5.74) is 9.43. The Morgan fingerprint density at radius 2 is 1.23 bits per heavy atom. The number of para-hydroxylation sites is 2. The highest BCUT2D eigenvalue weighted by atomic mass is 35.5. The molecule has 1 aliphatic carbocycles. The lowest BCUT2D eigenvalue weighted by Gasteiger charge is -2.39. The Bertz CT molecular complexity index is 2140. The van der Waals surface area contributed by atoms with Crippen molar-refractivity contribution in [1.29, 1.82) is 0 Å². The van der Waals surface area contributed by atoms with Crippen LogP contribution in [0, 0.1) is 0 Å². The molecule has 7 aromatic rings. The normalized spacial score (nSPS) is 14.0. The van der Waals surface area contributed by atoms with Crippen molar-refractivity contribution in [3.05, 3.63) is 143 Å². The van der Waals surface area contributed by atoms with Gasteiger partial charge in [0.25, 0.3) is 0 Å². The Hall–Kier alpha value is -4.51. The van der Waals surface area contributed by atoms with Crippen LogP contribution in [0.4, 0.5) is 0 Å².